The summed E-state index contributed by atoms with van der Waals surface area (Å²) in [6, 6.07) is 9.33. The SMILES string of the molecule is CCOP(=O)(OCC)C(CCCNC(=O)OCc1ccccc1)(O[Si](C)(C)C(C)(C)C)P(=O)(OCC)OCC. The molecular weight excluding hydrogens is 560 g/mol. The van der Waals surface area contributed by atoms with Crippen LogP contribution in [0, 0.1) is 0 Å². The summed E-state index contributed by atoms with van der Waals surface area (Å²) in [6.07, 6.45) is -0.471. The lowest BCUT2D eigenvalue weighted by Crippen LogP contribution is -2.51. The minimum atomic E-state index is -4.27. The third-order valence-corrected chi connectivity index (χ3v) is 17.5. The van der Waals surface area contributed by atoms with E-state index in [1.165, 1.54) is 0 Å². The third-order valence-electron chi connectivity index (χ3n) is 6.44. The molecule has 0 saturated heterocycles. The maximum Gasteiger partial charge on any atom is 0.407 e. The first kappa shape index (κ1) is 36.0. The van der Waals surface area contributed by atoms with Crippen LogP contribution >= 0.6 is 15.2 Å². The Labute approximate surface area is 236 Å². The Morgan fingerprint density at radius 3 is 1.72 bits per heavy atom. The van der Waals surface area contributed by atoms with E-state index in [0.717, 1.165) is 5.56 Å². The largest absolute Gasteiger partial charge is 0.445 e. The van der Waals surface area contributed by atoms with E-state index in [2.05, 4.69) is 5.32 Å². The van der Waals surface area contributed by atoms with Crippen molar-refractivity contribution in [1.29, 1.82) is 0 Å². The van der Waals surface area contributed by atoms with Crippen molar-refractivity contribution in [2.75, 3.05) is 33.0 Å². The second-order valence-corrected chi connectivity index (χ2v) is 19.9. The number of carbonyl (C=O) groups is 1. The molecular formula is C26H49NO9P2Si. The first-order chi connectivity index (χ1) is 18.2. The normalized spacial score (nSPS) is 13.4. The number of hydrogen-bond acceptors (Lipinski definition) is 9. The molecule has 13 heteroatoms. The van der Waals surface area contributed by atoms with Crippen LogP contribution in [-0.4, -0.2) is 52.5 Å². The molecule has 39 heavy (non-hydrogen) atoms. The van der Waals surface area contributed by atoms with Crippen molar-refractivity contribution in [1.82, 2.24) is 5.32 Å². The van der Waals surface area contributed by atoms with Crippen LogP contribution in [0.3, 0.4) is 0 Å². The predicted octanol–water partition coefficient (Wildman–Crippen LogP) is 7.90. The number of nitrogens with one attached hydrogen (secondary N) is 1. The number of amides is 1. The van der Waals surface area contributed by atoms with Crippen molar-refractivity contribution in [3.8, 4) is 0 Å². The zero-order chi connectivity index (χ0) is 29.8. The molecule has 0 aromatic heterocycles. The average Bonchev–Trinajstić information content (AvgIpc) is 2.85. The quantitative estimate of drug-likeness (QED) is 0.101. The zero-order valence-electron chi connectivity index (χ0n) is 25.1. The van der Waals surface area contributed by atoms with Crippen LogP contribution in [0.4, 0.5) is 4.79 Å². The van der Waals surface area contributed by atoms with E-state index in [1.54, 1.807) is 27.7 Å². The molecule has 0 saturated carbocycles. The summed E-state index contributed by atoms with van der Waals surface area (Å²) in [7, 11) is -11.3. The highest BCUT2D eigenvalue weighted by Gasteiger charge is 2.68. The number of hydrogen-bond donors (Lipinski definition) is 1. The van der Waals surface area contributed by atoms with Crippen LogP contribution in [0.5, 0.6) is 0 Å². The molecule has 1 aromatic rings. The van der Waals surface area contributed by atoms with Crippen LogP contribution < -0.4 is 5.32 Å². The summed E-state index contributed by atoms with van der Waals surface area (Å²) >= 11 is 0. The van der Waals surface area contributed by atoms with E-state index in [0.29, 0.717) is 0 Å². The van der Waals surface area contributed by atoms with Crippen molar-refractivity contribution in [2.24, 2.45) is 0 Å². The van der Waals surface area contributed by atoms with Gasteiger partial charge in [-0.15, -0.1) is 0 Å². The second kappa shape index (κ2) is 15.8. The van der Waals surface area contributed by atoms with Gasteiger partial charge in [0.2, 0.25) is 0 Å². The molecule has 1 N–H and O–H groups in total. The summed E-state index contributed by atoms with van der Waals surface area (Å²) in [4.78, 5) is 12.3. The molecule has 0 aliphatic carbocycles. The van der Waals surface area contributed by atoms with E-state index in [1.807, 2.05) is 64.2 Å². The van der Waals surface area contributed by atoms with Gasteiger partial charge in [-0.25, -0.2) is 4.79 Å². The van der Waals surface area contributed by atoms with Gasteiger partial charge >= 0.3 is 21.3 Å². The topological polar surface area (TPSA) is 119 Å². The molecule has 0 heterocycles. The van der Waals surface area contributed by atoms with Gasteiger partial charge in [0.15, 0.2) is 8.32 Å². The number of carbonyl (C=O) groups excluding carboxylic acids is 1. The van der Waals surface area contributed by atoms with Gasteiger partial charge in [0.1, 0.15) is 6.61 Å². The Hall–Kier alpha value is -1.03. The highest BCUT2D eigenvalue weighted by atomic mass is 31.2. The van der Waals surface area contributed by atoms with Crippen molar-refractivity contribution in [3.63, 3.8) is 0 Å². The Bertz CT molecular complexity index is 920. The number of ether oxygens (including phenoxy) is 1. The maximum absolute atomic E-state index is 14.6. The molecule has 0 bridgehead atoms. The predicted molar refractivity (Wildman–Crippen MR) is 157 cm³/mol. The van der Waals surface area contributed by atoms with Crippen molar-refractivity contribution in [3.05, 3.63) is 35.9 Å². The third kappa shape index (κ3) is 9.50. The first-order valence-electron chi connectivity index (χ1n) is 13.6. The van der Waals surface area contributed by atoms with Crippen molar-refractivity contribution in [2.45, 2.75) is 91.1 Å². The van der Waals surface area contributed by atoms with Crippen LogP contribution in [0.25, 0.3) is 0 Å². The molecule has 0 spiro atoms. The Morgan fingerprint density at radius 1 is 0.846 bits per heavy atom. The highest BCUT2D eigenvalue weighted by Crippen LogP contribution is 2.80. The van der Waals surface area contributed by atoms with E-state index in [9.17, 15) is 13.9 Å². The van der Waals surface area contributed by atoms with Gasteiger partial charge in [-0.2, -0.15) is 0 Å². The van der Waals surface area contributed by atoms with Crippen LogP contribution in [-0.2, 0) is 43.0 Å². The molecule has 1 rings (SSSR count). The lowest BCUT2D eigenvalue weighted by Gasteiger charge is -2.48. The van der Waals surface area contributed by atoms with Gasteiger partial charge in [0.05, 0.1) is 26.4 Å². The summed E-state index contributed by atoms with van der Waals surface area (Å²) in [6.45, 7) is 17.1. The summed E-state index contributed by atoms with van der Waals surface area (Å²) in [5.41, 5.74) is 0.859. The standard InChI is InChI=1S/C26H49NO9P2Si/c1-10-32-37(29,33-11-2)26(36-39(8,9)25(5,6)7,38(30,34-12-3)35-13-4)20-17-21-27-24(28)31-22-23-18-15-14-16-19-23/h14-16,18-19H,10-13,17,20-22H2,1-9H3,(H,27,28). The number of rotatable bonds is 18. The minimum absolute atomic E-state index is 0.0300. The molecule has 1 amide bonds. The monoisotopic (exact) mass is 609 g/mol. The fourth-order valence-electron chi connectivity index (χ4n) is 3.59. The van der Waals surface area contributed by atoms with Crippen LogP contribution in [0.15, 0.2) is 30.3 Å². The fourth-order valence-corrected chi connectivity index (χ4v) is 12.2. The van der Waals surface area contributed by atoms with E-state index >= 15 is 0 Å². The van der Waals surface area contributed by atoms with Crippen LogP contribution in [0.2, 0.25) is 18.1 Å². The van der Waals surface area contributed by atoms with E-state index < -0.39 is 34.7 Å². The van der Waals surface area contributed by atoms with Gasteiger partial charge < -0.3 is 32.6 Å². The van der Waals surface area contributed by atoms with Crippen molar-refractivity contribution >= 4 is 29.6 Å². The Balaban J connectivity index is 3.42. The highest BCUT2D eigenvalue weighted by molar-refractivity contribution is 7.74. The summed E-state index contributed by atoms with van der Waals surface area (Å²) in [5.74, 6) is 0. The van der Waals surface area contributed by atoms with Crippen LogP contribution in [0.1, 0.15) is 66.9 Å². The lowest BCUT2D eigenvalue weighted by atomic mass is 10.2. The minimum Gasteiger partial charge on any atom is -0.445 e. The average molecular weight is 610 g/mol. The Morgan fingerprint density at radius 2 is 1.31 bits per heavy atom. The summed E-state index contributed by atoms with van der Waals surface area (Å²) < 4.78 is 64.5. The first-order valence-corrected chi connectivity index (χ1v) is 19.6. The van der Waals surface area contributed by atoms with Gasteiger partial charge in [-0.1, -0.05) is 51.1 Å². The molecule has 0 unspecified atom stereocenters. The molecule has 226 valence electrons. The molecule has 0 aliphatic rings. The van der Waals surface area contributed by atoms with E-state index in [4.69, 9.17) is 27.3 Å². The molecule has 10 nitrogen and oxygen atoms in total. The van der Waals surface area contributed by atoms with Gasteiger partial charge in [-0.3, -0.25) is 9.13 Å². The number of benzene rings is 1. The Kier molecular flexibility index (Phi) is 14.6. The zero-order valence-corrected chi connectivity index (χ0v) is 27.9. The van der Waals surface area contributed by atoms with E-state index in [-0.39, 0.29) is 57.5 Å². The fraction of sp³-hybridized carbons (Fsp3) is 0.731. The maximum atomic E-state index is 14.6. The lowest BCUT2D eigenvalue weighted by molar-refractivity contribution is 0.0823. The van der Waals surface area contributed by atoms with Crippen molar-refractivity contribution < 1.29 is 41.2 Å². The molecule has 1 aromatic carbocycles. The second-order valence-electron chi connectivity index (χ2n) is 10.4. The molecule has 0 aliphatic heterocycles. The van der Waals surface area contributed by atoms with Gasteiger partial charge in [-0.05, 0) is 57.8 Å². The van der Waals surface area contributed by atoms with Gasteiger partial charge in [0, 0.05) is 13.0 Å². The molecule has 0 radical (unpaired) electrons. The molecule has 0 fully saturated rings. The number of alkyl carbamates (subject to hydrolysis) is 1. The van der Waals surface area contributed by atoms with Gasteiger partial charge in [0.25, 0.3) is 5.08 Å². The molecule has 0 atom stereocenters. The smallest absolute Gasteiger partial charge is 0.407 e. The summed E-state index contributed by atoms with van der Waals surface area (Å²) in [5, 5.41) is 0.313.